The third-order valence-electron chi connectivity index (χ3n) is 3.77. The molecular formula is C17H14N6OS. The van der Waals surface area contributed by atoms with Crippen LogP contribution in [0.3, 0.4) is 0 Å². The molecule has 0 fully saturated rings. The van der Waals surface area contributed by atoms with Crippen molar-refractivity contribution in [2.24, 2.45) is 7.05 Å². The van der Waals surface area contributed by atoms with E-state index in [0.29, 0.717) is 22.5 Å². The Labute approximate surface area is 147 Å². The number of H-pyrrole nitrogens is 1. The van der Waals surface area contributed by atoms with Gasteiger partial charge in [0.25, 0.3) is 5.56 Å². The smallest absolute Gasteiger partial charge is 0.258 e. The number of benzene rings is 1. The van der Waals surface area contributed by atoms with Gasteiger partial charge in [-0.1, -0.05) is 23.9 Å². The number of aromatic amines is 1. The number of nitrogens with zero attached hydrogens (tertiary/aromatic N) is 5. The summed E-state index contributed by atoms with van der Waals surface area (Å²) in [5.74, 6) is 1.88. The molecule has 0 aliphatic rings. The second-order valence-electron chi connectivity index (χ2n) is 5.42. The number of para-hydroxylation sites is 1. The van der Waals surface area contributed by atoms with Crippen molar-refractivity contribution in [3.63, 3.8) is 0 Å². The zero-order chi connectivity index (χ0) is 17.2. The molecule has 4 aromatic rings. The Kier molecular flexibility index (Phi) is 4.02. The van der Waals surface area contributed by atoms with Crippen molar-refractivity contribution in [1.82, 2.24) is 29.7 Å². The average molecular weight is 350 g/mol. The predicted octanol–water partition coefficient (Wildman–Crippen LogP) is 2.41. The zero-order valence-corrected chi connectivity index (χ0v) is 14.2. The number of rotatable bonds is 4. The van der Waals surface area contributed by atoms with Crippen molar-refractivity contribution in [3.8, 4) is 11.4 Å². The zero-order valence-electron chi connectivity index (χ0n) is 13.4. The summed E-state index contributed by atoms with van der Waals surface area (Å²) in [4.78, 5) is 23.5. The van der Waals surface area contributed by atoms with Crippen LogP contribution in [0.5, 0.6) is 0 Å². The normalized spacial score (nSPS) is 11.1. The lowest BCUT2D eigenvalue weighted by Gasteiger charge is -2.04. The molecule has 0 bridgehead atoms. The molecule has 124 valence electrons. The standard InChI is InChI=1S/C17H14N6OS/c1-23-15(11-6-8-18-9-7-11)21-22-17(23)25-10-14-19-13-5-3-2-4-12(13)16(24)20-14/h2-9H,10H2,1H3,(H,19,20,24). The van der Waals surface area contributed by atoms with Crippen LogP contribution in [-0.4, -0.2) is 29.7 Å². The summed E-state index contributed by atoms with van der Waals surface area (Å²) in [6, 6.07) is 11.1. The van der Waals surface area contributed by atoms with Crippen molar-refractivity contribution in [2.45, 2.75) is 10.9 Å². The minimum atomic E-state index is -0.128. The summed E-state index contributed by atoms with van der Waals surface area (Å²) < 4.78 is 1.92. The minimum absolute atomic E-state index is 0.128. The number of nitrogens with one attached hydrogen (secondary N) is 1. The van der Waals surface area contributed by atoms with E-state index in [9.17, 15) is 4.79 Å². The lowest BCUT2D eigenvalue weighted by molar-refractivity contribution is 0.792. The molecule has 0 radical (unpaired) electrons. The van der Waals surface area contributed by atoms with E-state index in [1.54, 1.807) is 18.5 Å². The molecule has 0 unspecified atom stereocenters. The van der Waals surface area contributed by atoms with E-state index in [4.69, 9.17) is 0 Å². The first-order chi connectivity index (χ1) is 12.2. The predicted molar refractivity (Wildman–Crippen MR) is 96.2 cm³/mol. The third kappa shape index (κ3) is 3.03. The highest BCUT2D eigenvalue weighted by molar-refractivity contribution is 7.98. The Morgan fingerprint density at radius 2 is 1.92 bits per heavy atom. The van der Waals surface area contributed by atoms with Crippen LogP contribution < -0.4 is 5.56 Å². The van der Waals surface area contributed by atoms with E-state index in [1.165, 1.54) is 11.8 Å². The molecule has 0 saturated heterocycles. The summed E-state index contributed by atoms with van der Waals surface area (Å²) >= 11 is 1.47. The van der Waals surface area contributed by atoms with Gasteiger partial charge in [-0.25, -0.2) is 4.98 Å². The van der Waals surface area contributed by atoms with Gasteiger partial charge in [-0.15, -0.1) is 10.2 Å². The molecule has 0 aliphatic heterocycles. The second kappa shape index (κ2) is 6.48. The first kappa shape index (κ1) is 15.5. The SMILES string of the molecule is Cn1c(SCc2nc3ccccc3c(=O)[nH]2)nnc1-c1ccncc1. The molecular weight excluding hydrogens is 336 g/mol. The third-order valence-corrected chi connectivity index (χ3v) is 4.80. The quantitative estimate of drug-likeness (QED) is 0.569. The Balaban J connectivity index is 1.58. The molecule has 0 saturated carbocycles. The Bertz CT molecular complexity index is 1090. The highest BCUT2D eigenvalue weighted by Gasteiger charge is 2.12. The Morgan fingerprint density at radius 3 is 2.76 bits per heavy atom. The van der Waals surface area contributed by atoms with Gasteiger partial charge in [0, 0.05) is 25.0 Å². The van der Waals surface area contributed by atoms with Crippen LogP contribution in [0.2, 0.25) is 0 Å². The van der Waals surface area contributed by atoms with Crippen molar-refractivity contribution in [2.75, 3.05) is 0 Å². The fourth-order valence-corrected chi connectivity index (χ4v) is 3.31. The highest BCUT2D eigenvalue weighted by Crippen LogP contribution is 2.24. The number of thioether (sulfide) groups is 1. The van der Waals surface area contributed by atoms with Gasteiger partial charge < -0.3 is 9.55 Å². The largest absolute Gasteiger partial charge is 0.309 e. The number of aromatic nitrogens is 6. The van der Waals surface area contributed by atoms with Gasteiger partial charge in [-0.05, 0) is 24.3 Å². The Hall–Kier alpha value is -3.00. The van der Waals surface area contributed by atoms with E-state index in [-0.39, 0.29) is 5.56 Å². The topological polar surface area (TPSA) is 89.4 Å². The fourth-order valence-electron chi connectivity index (χ4n) is 2.53. The second-order valence-corrected chi connectivity index (χ2v) is 6.36. The number of hydrogen-bond donors (Lipinski definition) is 1. The lowest BCUT2D eigenvalue weighted by atomic mass is 10.2. The van der Waals surface area contributed by atoms with Gasteiger partial charge in [0.05, 0.1) is 16.7 Å². The fraction of sp³-hybridized carbons (Fsp3) is 0.118. The maximum absolute atomic E-state index is 12.1. The molecule has 25 heavy (non-hydrogen) atoms. The van der Waals surface area contributed by atoms with Crippen LogP contribution in [0.25, 0.3) is 22.3 Å². The van der Waals surface area contributed by atoms with E-state index in [0.717, 1.165) is 16.5 Å². The van der Waals surface area contributed by atoms with Gasteiger partial charge in [0.1, 0.15) is 5.82 Å². The summed E-state index contributed by atoms with van der Waals surface area (Å²) in [5.41, 5.74) is 1.52. The van der Waals surface area contributed by atoms with Gasteiger partial charge in [0.2, 0.25) is 0 Å². The van der Waals surface area contributed by atoms with Crippen LogP contribution in [-0.2, 0) is 12.8 Å². The molecule has 7 nitrogen and oxygen atoms in total. The molecule has 0 atom stereocenters. The summed E-state index contributed by atoms with van der Waals surface area (Å²) in [7, 11) is 1.91. The van der Waals surface area contributed by atoms with Crippen LogP contribution >= 0.6 is 11.8 Å². The maximum Gasteiger partial charge on any atom is 0.258 e. The van der Waals surface area contributed by atoms with Gasteiger partial charge in [-0.3, -0.25) is 9.78 Å². The van der Waals surface area contributed by atoms with E-state index in [2.05, 4.69) is 25.1 Å². The lowest BCUT2D eigenvalue weighted by Crippen LogP contribution is -2.11. The van der Waals surface area contributed by atoms with Crippen molar-refractivity contribution in [3.05, 3.63) is 65.0 Å². The van der Waals surface area contributed by atoms with E-state index in [1.807, 2.05) is 41.9 Å². The van der Waals surface area contributed by atoms with Crippen LogP contribution in [0.1, 0.15) is 5.82 Å². The molecule has 1 aromatic carbocycles. The first-order valence-corrected chi connectivity index (χ1v) is 8.61. The molecule has 3 heterocycles. The number of hydrogen-bond acceptors (Lipinski definition) is 6. The van der Waals surface area contributed by atoms with Crippen molar-refractivity contribution >= 4 is 22.7 Å². The van der Waals surface area contributed by atoms with Crippen LogP contribution in [0, 0.1) is 0 Å². The molecule has 3 aromatic heterocycles. The van der Waals surface area contributed by atoms with Gasteiger partial charge in [-0.2, -0.15) is 0 Å². The van der Waals surface area contributed by atoms with Gasteiger partial charge in [0.15, 0.2) is 11.0 Å². The average Bonchev–Trinajstić information content (AvgIpc) is 3.01. The summed E-state index contributed by atoms with van der Waals surface area (Å²) in [6.45, 7) is 0. The molecule has 8 heteroatoms. The number of pyridine rings is 1. The molecule has 4 rings (SSSR count). The Morgan fingerprint density at radius 1 is 1.12 bits per heavy atom. The highest BCUT2D eigenvalue weighted by atomic mass is 32.2. The summed E-state index contributed by atoms with van der Waals surface area (Å²) in [5, 5.41) is 9.81. The van der Waals surface area contributed by atoms with Crippen molar-refractivity contribution in [1.29, 1.82) is 0 Å². The summed E-state index contributed by atoms with van der Waals surface area (Å²) in [6.07, 6.45) is 3.45. The van der Waals surface area contributed by atoms with Crippen LogP contribution in [0.4, 0.5) is 0 Å². The maximum atomic E-state index is 12.1. The van der Waals surface area contributed by atoms with E-state index < -0.39 is 0 Å². The first-order valence-electron chi connectivity index (χ1n) is 7.63. The molecule has 0 aliphatic carbocycles. The van der Waals surface area contributed by atoms with Gasteiger partial charge >= 0.3 is 0 Å². The monoisotopic (exact) mass is 350 g/mol. The van der Waals surface area contributed by atoms with Crippen molar-refractivity contribution < 1.29 is 0 Å². The van der Waals surface area contributed by atoms with E-state index >= 15 is 0 Å². The minimum Gasteiger partial charge on any atom is -0.309 e. The molecule has 0 spiro atoms. The van der Waals surface area contributed by atoms with Crippen LogP contribution in [0.15, 0.2) is 58.7 Å². The molecule has 1 N–H and O–H groups in total. The molecule has 0 amide bonds. The number of fused-ring (bicyclic) bond motifs is 1.